The standard InChI is InChI=1S/C29H34ClN5O7S.C29H36ClN5O5S/c1-29(9-10-29)20-42-27-26(18-31-34(28(27)37)24-6-2-5-23(30)17-24)32-11-13-33(14-12-32)43(40,41)19-21-7-8-22(4-3-15-36)25(16-21)35(38)39;1-29(9-10-29)20-40-27-26(18-32-35(28(27)37)24-6-2-5-23(30)17-24)33-11-13-34(14-12-33)41(38,39)19-21-7-8-22(4-3-15-36)25(31)16-21/h2,5-8,16-18,36H,3-4,9-15,19-20H2,1H3;2,5-8,16-18,36H,3-4,9-15,19-20,31H2,1H3. The molecule has 2 saturated carbocycles. The normalized spacial score (nSPS) is 16.8. The lowest BCUT2D eigenvalue weighted by molar-refractivity contribution is -0.385. The minimum Gasteiger partial charge on any atom is -0.486 e. The molecule has 22 nitrogen and oxygen atoms in total. The third-order valence-electron chi connectivity index (χ3n) is 15.7. The number of hydrogen-bond donors (Lipinski definition) is 3. The summed E-state index contributed by atoms with van der Waals surface area (Å²) in [5, 5.41) is 39.5. The molecule has 0 bridgehead atoms. The van der Waals surface area contributed by atoms with Gasteiger partial charge in [-0.15, -0.1) is 0 Å². The maximum Gasteiger partial charge on any atom is 0.316 e. The van der Waals surface area contributed by atoms with Gasteiger partial charge in [-0.3, -0.25) is 19.7 Å². The van der Waals surface area contributed by atoms with Crippen LogP contribution in [0.25, 0.3) is 11.4 Å². The monoisotopic (exact) mass is 1230 g/mol. The molecule has 4 heterocycles. The Hall–Kier alpha value is -6.64. The number of anilines is 3. The minimum absolute atomic E-state index is 0.0206. The van der Waals surface area contributed by atoms with Crippen LogP contribution < -0.4 is 36.1 Å². The minimum atomic E-state index is -3.78. The van der Waals surface area contributed by atoms with Gasteiger partial charge in [0.05, 0.1) is 53.4 Å². The molecule has 0 amide bonds. The first-order valence-corrected chi connectivity index (χ1v) is 31.9. The Kier molecular flexibility index (Phi) is 19.4. The van der Waals surface area contributed by atoms with Crippen molar-refractivity contribution in [2.75, 3.05) is 94.3 Å². The smallest absolute Gasteiger partial charge is 0.316 e. The van der Waals surface area contributed by atoms with Gasteiger partial charge in [0.2, 0.25) is 31.5 Å². The fraction of sp³-hybridized carbons (Fsp3) is 0.448. The molecule has 2 aromatic heterocycles. The van der Waals surface area contributed by atoms with Gasteiger partial charge in [-0.1, -0.05) is 73.4 Å². The first-order chi connectivity index (χ1) is 40.1. The molecule has 4 fully saturated rings. The van der Waals surface area contributed by atoms with Crippen molar-refractivity contribution in [3.05, 3.63) is 160 Å². The molecule has 4 aromatic carbocycles. The Bertz CT molecular complexity index is 3710. The van der Waals surface area contributed by atoms with Crippen molar-refractivity contribution in [2.45, 2.75) is 76.7 Å². The number of benzene rings is 4. The van der Waals surface area contributed by atoms with Crippen LogP contribution in [0.15, 0.2) is 107 Å². The molecule has 2 aliphatic heterocycles. The zero-order valence-corrected chi connectivity index (χ0v) is 50.1. The van der Waals surface area contributed by atoms with Crippen molar-refractivity contribution in [3.8, 4) is 22.9 Å². The number of aromatic nitrogens is 4. The molecule has 10 rings (SSSR count). The lowest BCUT2D eigenvalue weighted by Gasteiger charge is -2.35. The van der Waals surface area contributed by atoms with E-state index in [4.69, 9.17) is 48.6 Å². The summed E-state index contributed by atoms with van der Waals surface area (Å²) >= 11 is 12.3. The highest BCUT2D eigenvalue weighted by Gasteiger charge is 2.40. The average Bonchev–Trinajstić information content (AvgIpc) is 3.90. The van der Waals surface area contributed by atoms with E-state index in [1.54, 1.807) is 85.2 Å². The molecular weight excluding hydrogens is 1160 g/mol. The lowest BCUT2D eigenvalue weighted by atomic mass is 10.1. The Morgan fingerprint density at radius 1 is 0.619 bits per heavy atom. The second-order valence-electron chi connectivity index (χ2n) is 22.5. The van der Waals surface area contributed by atoms with E-state index in [1.165, 1.54) is 24.0 Å². The van der Waals surface area contributed by atoms with Gasteiger partial charge < -0.3 is 35.2 Å². The Labute approximate surface area is 498 Å². The van der Waals surface area contributed by atoms with Gasteiger partial charge in [0.1, 0.15) is 11.4 Å². The van der Waals surface area contributed by atoms with E-state index in [-0.39, 0.29) is 84.5 Å². The van der Waals surface area contributed by atoms with E-state index in [1.807, 2.05) is 15.9 Å². The molecule has 0 radical (unpaired) electrons. The van der Waals surface area contributed by atoms with E-state index < -0.39 is 30.5 Å². The highest BCUT2D eigenvalue weighted by atomic mass is 35.5. The third-order valence-corrected chi connectivity index (χ3v) is 19.9. The van der Waals surface area contributed by atoms with Crippen LogP contribution in [0.5, 0.6) is 11.5 Å². The molecule has 2 saturated heterocycles. The van der Waals surface area contributed by atoms with Gasteiger partial charge in [-0.05, 0) is 111 Å². The molecule has 84 heavy (non-hydrogen) atoms. The number of aliphatic hydroxyl groups excluding tert-OH is 2. The summed E-state index contributed by atoms with van der Waals surface area (Å²) in [7, 11) is -7.37. The number of nitro groups is 1. The fourth-order valence-electron chi connectivity index (χ4n) is 9.97. The second-order valence-corrected chi connectivity index (χ2v) is 27.3. The summed E-state index contributed by atoms with van der Waals surface area (Å²) in [4.78, 5) is 42.1. The van der Waals surface area contributed by atoms with E-state index in [0.29, 0.717) is 120 Å². The van der Waals surface area contributed by atoms with Crippen molar-refractivity contribution < 1.29 is 41.4 Å². The second kappa shape index (κ2) is 26.3. The van der Waals surface area contributed by atoms with Crippen LogP contribution in [0.1, 0.15) is 74.6 Å². The highest BCUT2D eigenvalue weighted by molar-refractivity contribution is 7.88. The van der Waals surface area contributed by atoms with Crippen LogP contribution in [-0.4, -0.2) is 139 Å². The first kappa shape index (κ1) is 61.9. The first-order valence-electron chi connectivity index (χ1n) is 27.9. The predicted octanol–water partition coefficient (Wildman–Crippen LogP) is 6.77. The molecule has 2 aliphatic carbocycles. The number of aryl methyl sites for hydroxylation is 2. The summed E-state index contributed by atoms with van der Waals surface area (Å²) in [6.07, 6.45) is 9.23. The van der Waals surface area contributed by atoms with Crippen LogP contribution in [0.3, 0.4) is 0 Å². The molecule has 26 heteroatoms. The van der Waals surface area contributed by atoms with Crippen LogP contribution >= 0.6 is 23.2 Å². The number of sulfonamides is 2. The van der Waals surface area contributed by atoms with Crippen molar-refractivity contribution in [2.24, 2.45) is 10.8 Å². The maximum atomic E-state index is 13.6. The molecule has 0 unspecified atom stereocenters. The summed E-state index contributed by atoms with van der Waals surface area (Å²) in [5.41, 5.74) is 10.2. The van der Waals surface area contributed by atoms with Gasteiger partial charge in [0, 0.05) is 104 Å². The third kappa shape index (κ3) is 15.2. The molecule has 4 aliphatic rings. The number of hydrogen-bond acceptors (Lipinski definition) is 17. The number of piperazine rings is 2. The van der Waals surface area contributed by atoms with Crippen LogP contribution in [-0.2, 0) is 44.4 Å². The zero-order chi connectivity index (χ0) is 60.0. The van der Waals surface area contributed by atoms with Crippen LogP contribution in [0, 0.1) is 20.9 Å². The van der Waals surface area contributed by atoms with Crippen LogP contribution in [0.2, 0.25) is 10.0 Å². The van der Waals surface area contributed by atoms with E-state index in [0.717, 1.165) is 31.2 Å². The lowest BCUT2D eigenvalue weighted by Crippen LogP contribution is -2.49. The SMILES string of the molecule is CC1(COc2c(N3CCN(S(=O)(=O)Cc4ccc(CCCO)c(N)c4)CC3)cnn(-c3cccc(Cl)c3)c2=O)CC1.CC1(COc2c(N3CCN(S(=O)(=O)Cc4ccc(CCCO)c([N+](=O)[O-])c4)CC3)cnn(-c3cccc(Cl)c3)c2=O)CC1. The summed E-state index contributed by atoms with van der Waals surface area (Å²) in [5.74, 6) is -0.158. The van der Waals surface area contributed by atoms with Crippen molar-refractivity contribution in [1.29, 1.82) is 0 Å². The van der Waals surface area contributed by atoms with Crippen molar-refractivity contribution in [3.63, 3.8) is 0 Å². The number of aliphatic hydroxyl groups is 2. The topological polar surface area (TPSA) is 279 Å². The molecule has 4 N–H and O–H groups in total. The Morgan fingerprint density at radius 3 is 1.43 bits per heavy atom. The molecule has 0 spiro atoms. The van der Waals surface area contributed by atoms with E-state index in [2.05, 4.69) is 24.0 Å². The van der Waals surface area contributed by atoms with Gasteiger partial charge >= 0.3 is 11.1 Å². The number of rotatable bonds is 23. The van der Waals surface area contributed by atoms with Gasteiger partial charge in [-0.2, -0.15) is 28.2 Å². The van der Waals surface area contributed by atoms with Crippen molar-refractivity contribution in [1.82, 2.24) is 28.2 Å². The number of halogens is 2. The maximum absolute atomic E-state index is 13.6. The van der Waals surface area contributed by atoms with E-state index in [9.17, 15) is 36.5 Å². The van der Waals surface area contributed by atoms with Crippen LogP contribution in [0.4, 0.5) is 22.7 Å². The number of nitrogens with two attached hydrogens (primary N) is 1. The fourth-order valence-corrected chi connectivity index (χ4v) is 13.3. The van der Waals surface area contributed by atoms with Gasteiger partial charge in [-0.25, -0.2) is 16.8 Å². The highest BCUT2D eigenvalue weighted by Crippen LogP contribution is 2.46. The summed E-state index contributed by atoms with van der Waals surface area (Å²) in [6, 6.07) is 23.5. The molecule has 6 aromatic rings. The molecule has 450 valence electrons. The molecule has 0 atom stereocenters. The quantitative estimate of drug-likeness (QED) is 0.0339. The van der Waals surface area contributed by atoms with Gasteiger partial charge in [0.15, 0.2) is 0 Å². The zero-order valence-electron chi connectivity index (χ0n) is 46.9. The largest absolute Gasteiger partial charge is 0.486 e. The number of nitrogens with zero attached hydrogens (tertiary/aromatic N) is 9. The number of nitro benzene ring substituents is 1. The van der Waals surface area contributed by atoms with E-state index >= 15 is 0 Å². The predicted molar refractivity (Wildman–Crippen MR) is 323 cm³/mol. The van der Waals surface area contributed by atoms with Crippen molar-refractivity contribution >= 4 is 66.0 Å². The number of nitrogen functional groups attached to an aromatic ring is 1. The summed E-state index contributed by atoms with van der Waals surface area (Å²) in [6.45, 7) is 7.24. The average molecular weight is 1230 g/mol. The van der Waals surface area contributed by atoms with Gasteiger partial charge in [0.25, 0.3) is 5.69 Å². The Morgan fingerprint density at radius 2 is 1.04 bits per heavy atom. The summed E-state index contributed by atoms with van der Waals surface area (Å²) < 4.78 is 70.8. The Balaban J connectivity index is 0.000000202. The molecular formula is C58H70Cl2N10O12S2. The number of ether oxygens (including phenoxy) is 2.